The van der Waals surface area contributed by atoms with Crippen molar-refractivity contribution >= 4 is 17.9 Å². The lowest BCUT2D eigenvalue weighted by atomic mass is 9.99. The van der Waals surface area contributed by atoms with E-state index in [-0.39, 0.29) is 31.1 Å². The van der Waals surface area contributed by atoms with Crippen LogP contribution < -0.4 is 0 Å². The quantitative estimate of drug-likeness (QED) is 0.0344. The third-order valence-corrected chi connectivity index (χ3v) is 13.8. The highest BCUT2D eigenvalue weighted by molar-refractivity contribution is 5.71. The largest absolute Gasteiger partial charge is 0.462 e. The summed E-state index contributed by atoms with van der Waals surface area (Å²) >= 11 is 0. The fourth-order valence-electron chi connectivity index (χ4n) is 9.02. The van der Waals surface area contributed by atoms with E-state index in [1.54, 1.807) is 0 Å². The van der Waals surface area contributed by atoms with E-state index in [0.29, 0.717) is 19.3 Å². The molecule has 0 spiro atoms. The van der Waals surface area contributed by atoms with Gasteiger partial charge in [-0.1, -0.05) is 291 Å². The monoisotopic (exact) mass is 919 g/mol. The van der Waals surface area contributed by atoms with Gasteiger partial charge in [-0.25, -0.2) is 0 Å². The van der Waals surface area contributed by atoms with Crippen molar-refractivity contribution in [3.63, 3.8) is 0 Å². The molecule has 0 N–H and O–H groups in total. The van der Waals surface area contributed by atoms with Crippen LogP contribution in [0.4, 0.5) is 0 Å². The Morgan fingerprint density at radius 1 is 0.323 bits per heavy atom. The third kappa shape index (κ3) is 51.6. The predicted octanol–water partition coefficient (Wildman–Crippen LogP) is 19.3. The minimum Gasteiger partial charge on any atom is -0.462 e. The Morgan fingerprint density at radius 2 is 0.585 bits per heavy atom. The highest BCUT2D eigenvalue weighted by Crippen LogP contribution is 2.19. The molecule has 0 radical (unpaired) electrons. The van der Waals surface area contributed by atoms with Gasteiger partial charge in [-0.15, -0.1) is 0 Å². The van der Waals surface area contributed by atoms with Crippen LogP contribution in [0.5, 0.6) is 0 Å². The third-order valence-electron chi connectivity index (χ3n) is 13.8. The molecule has 0 aromatic carbocycles. The first-order valence-corrected chi connectivity index (χ1v) is 29.3. The lowest BCUT2D eigenvalue weighted by molar-refractivity contribution is -0.167. The van der Waals surface area contributed by atoms with E-state index >= 15 is 0 Å². The van der Waals surface area contributed by atoms with Gasteiger partial charge in [0.2, 0.25) is 0 Å². The summed E-state index contributed by atoms with van der Waals surface area (Å²) in [6.07, 6.45) is 55.2. The van der Waals surface area contributed by atoms with E-state index in [0.717, 1.165) is 69.6 Å². The molecule has 0 saturated carbocycles. The summed E-state index contributed by atoms with van der Waals surface area (Å²) in [6, 6.07) is 0. The second-order valence-electron chi connectivity index (χ2n) is 21.0. The maximum Gasteiger partial charge on any atom is 0.306 e. The summed E-state index contributed by atoms with van der Waals surface area (Å²) in [6.45, 7) is 11.4. The first-order chi connectivity index (χ1) is 31.8. The molecule has 6 heteroatoms. The smallest absolute Gasteiger partial charge is 0.306 e. The highest BCUT2D eigenvalue weighted by Gasteiger charge is 2.19. The van der Waals surface area contributed by atoms with Gasteiger partial charge in [-0.05, 0) is 31.1 Å². The molecule has 386 valence electrons. The van der Waals surface area contributed by atoms with E-state index in [1.807, 2.05) is 0 Å². The van der Waals surface area contributed by atoms with Crippen molar-refractivity contribution in [3.05, 3.63) is 0 Å². The lowest BCUT2D eigenvalue weighted by Gasteiger charge is -2.18. The molecule has 6 nitrogen and oxygen atoms in total. The van der Waals surface area contributed by atoms with Crippen molar-refractivity contribution in [1.29, 1.82) is 0 Å². The van der Waals surface area contributed by atoms with Crippen LogP contribution in [0, 0.1) is 11.8 Å². The number of carbonyl (C=O) groups is 3. The van der Waals surface area contributed by atoms with Gasteiger partial charge in [0.25, 0.3) is 0 Å². The van der Waals surface area contributed by atoms with Crippen LogP contribution in [-0.4, -0.2) is 37.2 Å². The van der Waals surface area contributed by atoms with E-state index in [2.05, 4.69) is 34.6 Å². The SMILES string of the molecule is CCCCCCCCCCCCCCCCCCCCC(=O)OC[C@H](COC(=O)CCCCCCCCCCCCC(C)CC)OC(=O)CCCCCCCCCCCCCCC(C)C. The minimum atomic E-state index is -0.763. The molecule has 0 fully saturated rings. The maximum atomic E-state index is 12.8. The van der Waals surface area contributed by atoms with E-state index in [9.17, 15) is 14.4 Å². The summed E-state index contributed by atoms with van der Waals surface area (Å²) in [5.74, 6) is 0.862. The van der Waals surface area contributed by atoms with E-state index < -0.39 is 6.10 Å². The van der Waals surface area contributed by atoms with Crippen molar-refractivity contribution < 1.29 is 28.6 Å². The van der Waals surface area contributed by atoms with E-state index in [4.69, 9.17) is 14.2 Å². The molecule has 0 aliphatic rings. The van der Waals surface area contributed by atoms with Gasteiger partial charge in [0.1, 0.15) is 13.2 Å². The Morgan fingerprint density at radius 3 is 0.877 bits per heavy atom. The first-order valence-electron chi connectivity index (χ1n) is 29.3. The van der Waals surface area contributed by atoms with Crippen LogP contribution in [-0.2, 0) is 28.6 Å². The topological polar surface area (TPSA) is 78.9 Å². The fourth-order valence-corrected chi connectivity index (χ4v) is 9.02. The Hall–Kier alpha value is -1.59. The number of rotatable bonds is 53. The summed E-state index contributed by atoms with van der Waals surface area (Å²) in [5.41, 5.74) is 0. The zero-order chi connectivity index (χ0) is 47.5. The van der Waals surface area contributed by atoms with Crippen molar-refractivity contribution in [2.75, 3.05) is 13.2 Å². The Balaban J connectivity index is 4.30. The number of ether oxygens (including phenoxy) is 3. The van der Waals surface area contributed by atoms with Gasteiger partial charge in [0.05, 0.1) is 0 Å². The molecule has 1 unspecified atom stereocenters. The summed E-state index contributed by atoms with van der Waals surface area (Å²) < 4.78 is 16.9. The average molecular weight is 920 g/mol. The molecule has 2 atom stereocenters. The molecule has 0 saturated heterocycles. The second kappa shape index (κ2) is 51.8. The molecule has 0 aliphatic carbocycles. The second-order valence-corrected chi connectivity index (χ2v) is 21.0. The summed E-state index contributed by atoms with van der Waals surface area (Å²) in [4.78, 5) is 38.2. The van der Waals surface area contributed by atoms with Crippen LogP contribution >= 0.6 is 0 Å². The normalized spacial score (nSPS) is 12.5. The molecule has 0 aromatic heterocycles. The summed E-state index contributed by atoms with van der Waals surface area (Å²) in [5, 5.41) is 0. The first kappa shape index (κ1) is 63.4. The van der Waals surface area contributed by atoms with Crippen LogP contribution in [0.3, 0.4) is 0 Å². The molecule has 0 bridgehead atoms. The van der Waals surface area contributed by atoms with Gasteiger partial charge in [-0.3, -0.25) is 14.4 Å². The van der Waals surface area contributed by atoms with Crippen LogP contribution in [0.2, 0.25) is 0 Å². The number of unbranched alkanes of at least 4 members (excludes halogenated alkanes) is 37. The fraction of sp³-hybridized carbons (Fsp3) is 0.949. The van der Waals surface area contributed by atoms with Crippen LogP contribution in [0.25, 0.3) is 0 Å². The summed E-state index contributed by atoms with van der Waals surface area (Å²) in [7, 11) is 0. The number of hydrogen-bond donors (Lipinski definition) is 0. The molecule has 0 heterocycles. The average Bonchev–Trinajstić information content (AvgIpc) is 3.29. The Bertz CT molecular complexity index is 995. The number of esters is 3. The van der Waals surface area contributed by atoms with Crippen LogP contribution in [0.15, 0.2) is 0 Å². The van der Waals surface area contributed by atoms with Gasteiger partial charge in [0, 0.05) is 19.3 Å². The van der Waals surface area contributed by atoms with Crippen LogP contribution in [0.1, 0.15) is 330 Å². The molecule has 0 rings (SSSR count). The number of carbonyl (C=O) groups excluding carboxylic acids is 3. The van der Waals surface area contributed by atoms with Crippen molar-refractivity contribution in [2.24, 2.45) is 11.8 Å². The van der Waals surface area contributed by atoms with E-state index in [1.165, 1.54) is 218 Å². The highest BCUT2D eigenvalue weighted by atomic mass is 16.6. The Kier molecular flexibility index (Phi) is 50.5. The van der Waals surface area contributed by atoms with Gasteiger partial charge in [0.15, 0.2) is 6.10 Å². The molecular formula is C59H114O6. The maximum absolute atomic E-state index is 12.8. The Labute approximate surface area is 406 Å². The van der Waals surface area contributed by atoms with Gasteiger partial charge in [-0.2, -0.15) is 0 Å². The van der Waals surface area contributed by atoms with Crippen molar-refractivity contribution in [3.8, 4) is 0 Å². The molecule has 0 aromatic rings. The lowest BCUT2D eigenvalue weighted by Crippen LogP contribution is -2.30. The van der Waals surface area contributed by atoms with Crippen molar-refractivity contribution in [1.82, 2.24) is 0 Å². The molecule has 65 heavy (non-hydrogen) atoms. The number of hydrogen-bond acceptors (Lipinski definition) is 6. The minimum absolute atomic E-state index is 0.0628. The molecule has 0 aliphatic heterocycles. The molecular weight excluding hydrogens is 805 g/mol. The van der Waals surface area contributed by atoms with Gasteiger partial charge >= 0.3 is 17.9 Å². The zero-order valence-electron chi connectivity index (χ0n) is 44.6. The zero-order valence-corrected chi connectivity index (χ0v) is 44.6. The molecule has 0 amide bonds. The van der Waals surface area contributed by atoms with Crippen molar-refractivity contribution in [2.45, 2.75) is 336 Å². The van der Waals surface area contributed by atoms with Gasteiger partial charge < -0.3 is 14.2 Å². The standard InChI is InChI=1S/C59H114O6/c1-6-8-9-10-11-12-13-14-15-16-17-18-19-23-29-34-39-44-49-57(60)63-52-56(53-64-58(61)50-45-40-35-30-26-25-28-33-38-43-48-55(5)7-2)65-59(62)51-46-41-36-31-24-21-20-22-27-32-37-42-47-54(3)4/h54-56H,6-53H2,1-5H3/t55?,56-/m1/s1. The predicted molar refractivity (Wildman–Crippen MR) is 280 cm³/mol.